The highest BCUT2D eigenvalue weighted by Gasteiger charge is 2.69. The summed E-state index contributed by atoms with van der Waals surface area (Å²) in [5.41, 5.74) is -0.841. The lowest BCUT2D eigenvalue weighted by molar-refractivity contribution is -0.143. The molecule has 0 spiro atoms. The van der Waals surface area contributed by atoms with Crippen molar-refractivity contribution in [1.29, 1.82) is 0 Å². The Balaban J connectivity index is 2.42. The summed E-state index contributed by atoms with van der Waals surface area (Å²) in [6, 6.07) is 0. The summed E-state index contributed by atoms with van der Waals surface area (Å²) >= 11 is 3.51. The van der Waals surface area contributed by atoms with Crippen molar-refractivity contribution >= 4 is 27.7 Å². The van der Waals surface area contributed by atoms with Gasteiger partial charge in [-0.05, 0) is 24.7 Å². The maximum Gasteiger partial charge on any atom is 0.303 e. The second-order valence-corrected chi connectivity index (χ2v) is 6.97. The average Bonchev–Trinajstić information content (AvgIpc) is 2.48. The molecule has 2 saturated carbocycles. The molecule has 0 aliphatic heterocycles. The van der Waals surface area contributed by atoms with Crippen LogP contribution in [0.1, 0.15) is 39.5 Å². The Morgan fingerprint density at radius 3 is 2.47 bits per heavy atom. The van der Waals surface area contributed by atoms with Gasteiger partial charge in [0.05, 0.1) is 10.7 Å². The standard InChI is InChI=1S/C11H15BrO3/c1-9(2)8(15)11(12)4-3-10(9,6-11)5-7(13)14/h3-6H2,1-2H3,(H,13,14)/t10-,11-/m1/s1. The van der Waals surface area contributed by atoms with Crippen LogP contribution in [0, 0.1) is 10.8 Å². The van der Waals surface area contributed by atoms with Crippen molar-refractivity contribution in [2.75, 3.05) is 0 Å². The third-order valence-electron chi connectivity index (χ3n) is 4.41. The van der Waals surface area contributed by atoms with Crippen molar-refractivity contribution in [3.8, 4) is 0 Å². The molecule has 3 nitrogen and oxygen atoms in total. The van der Waals surface area contributed by atoms with Crippen molar-refractivity contribution in [3.05, 3.63) is 0 Å². The van der Waals surface area contributed by atoms with Crippen LogP contribution in [0.15, 0.2) is 0 Å². The van der Waals surface area contributed by atoms with E-state index in [4.69, 9.17) is 5.11 Å². The molecule has 0 radical (unpaired) electrons. The lowest BCUT2D eigenvalue weighted by Crippen LogP contribution is -2.43. The van der Waals surface area contributed by atoms with Crippen molar-refractivity contribution in [1.82, 2.24) is 0 Å². The molecule has 2 atom stereocenters. The smallest absolute Gasteiger partial charge is 0.303 e. The minimum atomic E-state index is -0.797. The number of carbonyl (C=O) groups excluding carboxylic acids is 1. The largest absolute Gasteiger partial charge is 0.481 e. The third-order valence-corrected chi connectivity index (χ3v) is 5.45. The number of alkyl halides is 1. The molecule has 0 aromatic rings. The molecule has 15 heavy (non-hydrogen) atoms. The number of hydrogen-bond acceptors (Lipinski definition) is 2. The minimum Gasteiger partial charge on any atom is -0.481 e. The summed E-state index contributed by atoms with van der Waals surface area (Å²) in [6.07, 6.45) is 2.41. The lowest BCUT2D eigenvalue weighted by Gasteiger charge is -2.40. The van der Waals surface area contributed by atoms with Gasteiger partial charge in [0.2, 0.25) is 0 Å². The molecule has 2 aliphatic carbocycles. The third kappa shape index (κ3) is 1.23. The first kappa shape index (κ1) is 11.1. The van der Waals surface area contributed by atoms with E-state index >= 15 is 0 Å². The van der Waals surface area contributed by atoms with E-state index in [0.29, 0.717) is 6.42 Å². The number of carboxylic acid groups (broad SMARTS) is 1. The van der Waals surface area contributed by atoms with Crippen LogP contribution in [-0.2, 0) is 9.59 Å². The van der Waals surface area contributed by atoms with Crippen LogP contribution in [0.5, 0.6) is 0 Å². The van der Waals surface area contributed by atoms with E-state index < -0.39 is 15.7 Å². The topological polar surface area (TPSA) is 54.4 Å². The molecule has 1 N–H and O–H groups in total. The van der Waals surface area contributed by atoms with Gasteiger partial charge < -0.3 is 5.11 Å². The van der Waals surface area contributed by atoms with Gasteiger partial charge in [-0.1, -0.05) is 29.8 Å². The number of fused-ring (bicyclic) bond motifs is 2. The Bertz CT molecular complexity index is 350. The van der Waals surface area contributed by atoms with Gasteiger partial charge in [0.25, 0.3) is 0 Å². The molecule has 0 unspecified atom stereocenters. The number of carbonyl (C=O) groups is 2. The SMILES string of the molecule is CC1(C)C(=O)[C@@]2(Br)CC[C@@]1(CC(=O)O)C2. The van der Waals surface area contributed by atoms with Gasteiger partial charge in [0.15, 0.2) is 5.78 Å². The van der Waals surface area contributed by atoms with Gasteiger partial charge in [0.1, 0.15) is 0 Å². The quantitative estimate of drug-likeness (QED) is 0.787. The summed E-state index contributed by atoms with van der Waals surface area (Å²) in [5.74, 6) is -0.614. The first-order chi connectivity index (χ1) is 6.74. The van der Waals surface area contributed by atoms with Crippen LogP contribution in [0.3, 0.4) is 0 Å². The number of hydrogen-bond donors (Lipinski definition) is 1. The second kappa shape index (κ2) is 2.84. The Morgan fingerprint density at radius 2 is 2.07 bits per heavy atom. The van der Waals surface area contributed by atoms with E-state index in [1.54, 1.807) is 0 Å². The summed E-state index contributed by atoms with van der Waals surface area (Å²) in [7, 11) is 0. The second-order valence-electron chi connectivity index (χ2n) is 5.45. The first-order valence-electron chi connectivity index (χ1n) is 5.19. The molecule has 2 rings (SSSR count). The van der Waals surface area contributed by atoms with E-state index in [9.17, 15) is 9.59 Å². The normalized spacial score (nSPS) is 42.2. The number of halogens is 1. The maximum absolute atomic E-state index is 12.2. The molecule has 2 bridgehead atoms. The molecule has 0 aromatic heterocycles. The van der Waals surface area contributed by atoms with Crippen molar-refractivity contribution in [2.45, 2.75) is 43.9 Å². The molecule has 0 heterocycles. The first-order valence-corrected chi connectivity index (χ1v) is 5.99. The zero-order valence-electron chi connectivity index (χ0n) is 8.97. The van der Waals surface area contributed by atoms with E-state index in [1.807, 2.05) is 13.8 Å². The van der Waals surface area contributed by atoms with Gasteiger partial charge >= 0.3 is 5.97 Å². The monoisotopic (exact) mass is 274 g/mol. The van der Waals surface area contributed by atoms with Crippen LogP contribution in [0.4, 0.5) is 0 Å². The Labute approximate surface area is 97.4 Å². The predicted octanol–water partition coefficient (Wildman–Crippen LogP) is 2.37. The van der Waals surface area contributed by atoms with Gasteiger partial charge in [-0.25, -0.2) is 0 Å². The molecule has 84 valence electrons. The fraction of sp³-hybridized carbons (Fsp3) is 0.818. The maximum atomic E-state index is 12.2. The zero-order chi connectivity index (χ0) is 11.5. The summed E-state index contributed by atoms with van der Waals surface area (Å²) in [4.78, 5) is 23.1. The summed E-state index contributed by atoms with van der Waals surface area (Å²) in [5, 5.41) is 8.96. The van der Waals surface area contributed by atoms with Crippen molar-refractivity contribution < 1.29 is 14.7 Å². The van der Waals surface area contributed by atoms with Crippen LogP contribution in [0.2, 0.25) is 0 Å². The van der Waals surface area contributed by atoms with Crippen molar-refractivity contribution in [2.24, 2.45) is 10.8 Å². The van der Waals surface area contributed by atoms with E-state index in [2.05, 4.69) is 15.9 Å². The molecule has 0 aromatic carbocycles. The van der Waals surface area contributed by atoms with E-state index in [-0.39, 0.29) is 17.6 Å². The number of rotatable bonds is 2. The predicted molar refractivity (Wildman–Crippen MR) is 59.0 cm³/mol. The Hall–Kier alpha value is -0.380. The number of ketones is 1. The fourth-order valence-electron chi connectivity index (χ4n) is 3.34. The molecule has 4 heteroatoms. The molecule has 0 saturated heterocycles. The summed E-state index contributed by atoms with van der Waals surface area (Å²) < 4.78 is -0.439. The minimum absolute atomic E-state index is 0.110. The van der Waals surface area contributed by atoms with Crippen LogP contribution in [-0.4, -0.2) is 21.2 Å². The molecular weight excluding hydrogens is 260 g/mol. The van der Waals surface area contributed by atoms with Gasteiger partial charge in [-0.2, -0.15) is 0 Å². The van der Waals surface area contributed by atoms with Crippen LogP contribution in [0.25, 0.3) is 0 Å². The van der Waals surface area contributed by atoms with E-state index in [0.717, 1.165) is 12.8 Å². The highest BCUT2D eigenvalue weighted by molar-refractivity contribution is 9.10. The Kier molecular flexibility index (Phi) is 2.11. The molecule has 2 aliphatic rings. The number of aliphatic carboxylic acids is 1. The molecule has 0 amide bonds. The van der Waals surface area contributed by atoms with E-state index in [1.165, 1.54) is 0 Å². The molecular formula is C11H15BrO3. The number of Topliss-reactive ketones (excluding diaryl/α,β-unsaturated/α-hetero) is 1. The van der Waals surface area contributed by atoms with Gasteiger partial charge in [0, 0.05) is 5.41 Å². The highest BCUT2D eigenvalue weighted by atomic mass is 79.9. The number of carboxylic acids is 1. The van der Waals surface area contributed by atoms with Crippen molar-refractivity contribution in [3.63, 3.8) is 0 Å². The zero-order valence-corrected chi connectivity index (χ0v) is 10.6. The fourth-order valence-corrected chi connectivity index (χ4v) is 4.57. The van der Waals surface area contributed by atoms with Crippen LogP contribution >= 0.6 is 15.9 Å². The highest BCUT2D eigenvalue weighted by Crippen LogP contribution is 2.68. The lowest BCUT2D eigenvalue weighted by atomic mass is 9.63. The van der Waals surface area contributed by atoms with Gasteiger partial charge in [-0.3, -0.25) is 9.59 Å². The summed E-state index contributed by atoms with van der Waals surface area (Å²) in [6.45, 7) is 3.78. The average molecular weight is 275 g/mol. The van der Waals surface area contributed by atoms with Gasteiger partial charge in [-0.15, -0.1) is 0 Å². The molecule has 2 fully saturated rings. The van der Waals surface area contributed by atoms with Crippen LogP contribution < -0.4 is 0 Å². The Morgan fingerprint density at radius 1 is 1.47 bits per heavy atom.